The average molecular weight is 233 g/mol. The number of hydrogen-bond acceptors (Lipinski definition) is 4. The van der Waals surface area contributed by atoms with Crippen LogP contribution in [-0.4, -0.2) is 9.97 Å². The molecule has 0 aliphatic heterocycles. The van der Waals surface area contributed by atoms with Gasteiger partial charge in [-0.05, 0) is 31.7 Å². The van der Waals surface area contributed by atoms with Crippen LogP contribution >= 0.6 is 11.3 Å². The molecule has 0 unspecified atom stereocenters. The normalized spacial score (nSPS) is 10.8. The van der Waals surface area contributed by atoms with Crippen LogP contribution in [0.2, 0.25) is 0 Å². The third-order valence-corrected chi connectivity index (χ3v) is 3.58. The number of aryl methyl sites for hydroxylation is 3. The molecule has 0 spiro atoms. The molecule has 0 amide bonds. The number of nitrogens with two attached hydrogens (primary N) is 1. The van der Waals surface area contributed by atoms with Crippen molar-refractivity contribution < 1.29 is 0 Å². The standard InChI is InChI=1S/C12H15N3S/c1-7-5-16-6-11(7)12-14-8(2)10(4-13)9(3)15-12/h5-6H,4,13H2,1-3H3. The molecule has 0 fully saturated rings. The first-order valence-electron chi connectivity index (χ1n) is 5.20. The molecule has 4 heteroatoms. The second-order valence-corrected chi connectivity index (χ2v) is 4.61. The molecular weight excluding hydrogens is 218 g/mol. The van der Waals surface area contributed by atoms with Gasteiger partial charge in [-0.1, -0.05) is 0 Å². The Kier molecular flexibility index (Phi) is 3.03. The fourth-order valence-electron chi connectivity index (χ4n) is 1.74. The first-order chi connectivity index (χ1) is 7.63. The highest BCUT2D eigenvalue weighted by Crippen LogP contribution is 2.25. The van der Waals surface area contributed by atoms with Gasteiger partial charge in [0.1, 0.15) is 0 Å². The predicted molar refractivity (Wildman–Crippen MR) is 67.4 cm³/mol. The smallest absolute Gasteiger partial charge is 0.160 e. The summed E-state index contributed by atoms with van der Waals surface area (Å²) in [5, 5.41) is 4.20. The number of hydrogen-bond donors (Lipinski definition) is 1. The van der Waals surface area contributed by atoms with E-state index in [9.17, 15) is 0 Å². The van der Waals surface area contributed by atoms with Crippen LogP contribution in [0.15, 0.2) is 10.8 Å². The summed E-state index contributed by atoms with van der Waals surface area (Å²) in [6, 6.07) is 0. The van der Waals surface area contributed by atoms with Gasteiger partial charge in [-0.3, -0.25) is 0 Å². The van der Waals surface area contributed by atoms with E-state index in [2.05, 4.69) is 27.7 Å². The van der Waals surface area contributed by atoms with Crippen molar-refractivity contribution in [2.45, 2.75) is 27.3 Å². The van der Waals surface area contributed by atoms with Crippen LogP contribution in [-0.2, 0) is 6.54 Å². The molecule has 2 N–H and O–H groups in total. The van der Waals surface area contributed by atoms with E-state index < -0.39 is 0 Å². The van der Waals surface area contributed by atoms with Crippen molar-refractivity contribution in [1.82, 2.24) is 9.97 Å². The van der Waals surface area contributed by atoms with Crippen LogP contribution in [0.25, 0.3) is 11.4 Å². The zero-order chi connectivity index (χ0) is 11.7. The van der Waals surface area contributed by atoms with E-state index in [1.54, 1.807) is 11.3 Å². The molecule has 2 rings (SSSR count). The summed E-state index contributed by atoms with van der Waals surface area (Å²) < 4.78 is 0. The monoisotopic (exact) mass is 233 g/mol. The highest BCUT2D eigenvalue weighted by Gasteiger charge is 2.10. The molecule has 2 aromatic rings. The van der Waals surface area contributed by atoms with Gasteiger partial charge in [0.25, 0.3) is 0 Å². The van der Waals surface area contributed by atoms with Crippen LogP contribution in [0.5, 0.6) is 0 Å². The third-order valence-electron chi connectivity index (χ3n) is 2.72. The van der Waals surface area contributed by atoms with Gasteiger partial charge in [0.05, 0.1) is 0 Å². The van der Waals surface area contributed by atoms with Gasteiger partial charge in [-0.2, -0.15) is 11.3 Å². The van der Waals surface area contributed by atoms with E-state index in [4.69, 9.17) is 5.73 Å². The molecule has 84 valence electrons. The van der Waals surface area contributed by atoms with Gasteiger partial charge in [-0.25, -0.2) is 9.97 Å². The van der Waals surface area contributed by atoms with E-state index in [1.165, 1.54) is 5.56 Å². The SMILES string of the molecule is Cc1cscc1-c1nc(C)c(CN)c(C)n1. The summed E-state index contributed by atoms with van der Waals surface area (Å²) in [5.41, 5.74) is 11.0. The molecule has 0 aromatic carbocycles. The molecule has 16 heavy (non-hydrogen) atoms. The summed E-state index contributed by atoms with van der Waals surface area (Å²) in [6.07, 6.45) is 0. The first-order valence-corrected chi connectivity index (χ1v) is 6.15. The zero-order valence-corrected chi connectivity index (χ0v) is 10.6. The van der Waals surface area contributed by atoms with E-state index in [-0.39, 0.29) is 0 Å². The lowest BCUT2D eigenvalue weighted by atomic mass is 10.1. The van der Waals surface area contributed by atoms with Crippen molar-refractivity contribution in [3.8, 4) is 11.4 Å². The minimum absolute atomic E-state index is 0.501. The van der Waals surface area contributed by atoms with E-state index in [1.807, 2.05) is 13.8 Å². The van der Waals surface area contributed by atoms with E-state index >= 15 is 0 Å². The molecule has 3 nitrogen and oxygen atoms in total. The third kappa shape index (κ3) is 1.86. The van der Waals surface area contributed by atoms with Crippen molar-refractivity contribution in [2.75, 3.05) is 0 Å². The molecule has 0 aliphatic rings. The van der Waals surface area contributed by atoms with Crippen LogP contribution in [0.3, 0.4) is 0 Å². The molecule has 0 saturated heterocycles. The zero-order valence-electron chi connectivity index (χ0n) is 9.74. The molecule has 0 saturated carbocycles. The van der Waals surface area contributed by atoms with Crippen molar-refractivity contribution >= 4 is 11.3 Å². The second kappa shape index (κ2) is 4.31. The van der Waals surface area contributed by atoms with Gasteiger partial charge in [0.2, 0.25) is 0 Å². The van der Waals surface area contributed by atoms with Crippen molar-refractivity contribution in [3.63, 3.8) is 0 Å². The molecule has 0 radical (unpaired) electrons. The Morgan fingerprint density at radius 2 is 1.75 bits per heavy atom. The summed E-state index contributed by atoms with van der Waals surface area (Å²) in [4.78, 5) is 9.05. The minimum atomic E-state index is 0.501. The molecule has 0 atom stereocenters. The van der Waals surface area contributed by atoms with Crippen molar-refractivity contribution in [2.24, 2.45) is 5.73 Å². The van der Waals surface area contributed by atoms with E-state index in [0.717, 1.165) is 28.3 Å². The van der Waals surface area contributed by atoms with Crippen LogP contribution < -0.4 is 5.73 Å². The quantitative estimate of drug-likeness (QED) is 0.867. The Balaban J connectivity index is 2.57. The van der Waals surface area contributed by atoms with Crippen molar-refractivity contribution in [3.05, 3.63) is 33.3 Å². The molecule has 0 bridgehead atoms. The maximum Gasteiger partial charge on any atom is 0.160 e. The van der Waals surface area contributed by atoms with Crippen molar-refractivity contribution in [1.29, 1.82) is 0 Å². The van der Waals surface area contributed by atoms with Gasteiger partial charge in [-0.15, -0.1) is 0 Å². The predicted octanol–water partition coefficient (Wildman–Crippen LogP) is 2.59. The number of nitrogens with zero attached hydrogens (tertiary/aromatic N) is 2. The number of aromatic nitrogens is 2. The van der Waals surface area contributed by atoms with Gasteiger partial charge >= 0.3 is 0 Å². The Morgan fingerprint density at radius 1 is 1.12 bits per heavy atom. The molecule has 2 heterocycles. The molecule has 2 aromatic heterocycles. The maximum atomic E-state index is 5.67. The fraction of sp³-hybridized carbons (Fsp3) is 0.333. The van der Waals surface area contributed by atoms with Crippen LogP contribution in [0.4, 0.5) is 0 Å². The summed E-state index contributed by atoms with van der Waals surface area (Å²) in [5.74, 6) is 0.811. The maximum absolute atomic E-state index is 5.67. The lowest BCUT2D eigenvalue weighted by Crippen LogP contribution is -2.07. The Morgan fingerprint density at radius 3 is 2.19 bits per heavy atom. The van der Waals surface area contributed by atoms with Gasteiger partial charge in [0.15, 0.2) is 5.82 Å². The minimum Gasteiger partial charge on any atom is -0.326 e. The highest BCUT2D eigenvalue weighted by atomic mass is 32.1. The lowest BCUT2D eigenvalue weighted by molar-refractivity contribution is 0.938. The topological polar surface area (TPSA) is 51.8 Å². The summed E-state index contributed by atoms with van der Waals surface area (Å²) in [6.45, 7) is 6.56. The largest absolute Gasteiger partial charge is 0.326 e. The van der Waals surface area contributed by atoms with Crippen LogP contribution in [0, 0.1) is 20.8 Å². The Bertz CT molecular complexity index is 494. The van der Waals surface area contributed by atoms with Gasteiger partial charge < -0.3 is 5.73 Å². The summed E-state index contributed by atoms with van der Waals surface area (Å²) in [7, 11) is 0. The Hall–Kier alpha value is -1.26. The number of rotatable bonds is 2. The lowest BCUT2D eigenvalue weighted by Gasteiger charge is -2.08. The van der Waals surface area contributed by atoms with E-state index in [0.29, 0.717) is 6.54 Å². The average Bonchev–Trinajstić information content (AvgIpc) is 2.64. The van der Waals surface area contributed by atoms with Gasteiger partial charge in [0, 0.05) is 34.4 Å². The second-order valence-electron chi connectivity index (χ2n) is 3.87. The van der Waals surface area contributed by atoms with Crippen LogP contribution in [0.1, 0.15) is 22.5 Å². The highest BCUT2D eigenvalue weighted by molar-refractivity contribution is 7.08. The molecule has 0 aliphatic carbocycles. The number of thiophene rings is 1. The fourth-order valence-corrected chi connectivity index (χ4v) is 2.57. The molecular formula is C12H15N3S. The Labute approximate surface area is 99.4 Å². The summed E-state index contributed by atoms with van der Waals surface area (Å²) >= 11 is 1.68. The first kappa shape index (κ1) is 11.2.